The number of aryl methyl sites for hydroxylation is 1. The normalized spacial score (nSPS) is 13.7. The number of furan rings is 1. The summed E-state index contributed by atoms with van der Waals surface area (Å²) >= 11 is 0. The van der Waals surface area contributed by atoms with Crippen LogP contribution in [0.4, 0.5) is 5.69 Å². The first-order valence-corrected chi connectivity index (χ1v) is 12.1. The molecule has 2 heterocycles. The van der Waals surface area contributed by atoms with Gasteiger partial charge in [-0.2, -0.15) is 10.1 Å². The molecule has 7 nitrogen and oxygen atoms in total. The van der Waals surface area contributed by atoms with Gasteiger partial charge in [0.2, 0.25) is 5.91 Å². The van der Waals surface area contributed by atoms with E-state index in [9.17, 15) is 9.59 Å². The minimum Gasteiger partial charge on any atom is -0.493 e. The molecule has 1 N–H and O–H groups in total. The number of fused-ring (bicyclic) bond motifs is 1. The predicted octanol–water partition coefficient (Wildman–Crippen LogP) is 6.08. The zero-order valence-corrected chi connectivity index (χ0v) is 20.9. The Morgan fingerprint density at radius 1 is 1.14 bits per heavy atom. The Hall–Kier alpha value is -4.65. The fourth-order valence-corrected chi connectivity index (χ4v) is 4.50. The average molecular weight is 494 g/mol. The number of carbonyl (C=O) groups is 2. The van der Waals surface area contributed by atoms with Gasteiger partial charge in [0.1, 0.15) is 17.2 Å². The topological polar surface area (TPSA) is 84.1 Å². The van der Waals surface area contributed by atoms with Crippen molar-refractivity contribution in [1.82, 2.24) is 5.32 Å². The molecule has 0 unspecified atom stereocenters. The second kappa shape index (κ2) is 10.1. The molecule has 3 aromatic carbocycles. The number of carbonyl (C=O) groups excluding carboxylic acids is 2. The Morgan fingerprint density at radius 3 is 2.54 bits per heavy atom. The number of hydrazone groups is 1. The maximum Gasteiger partial charge on any atom is 0.255 e. The first-order chi connectivity index (χ1) is 18.0. The van der Waals surface area contributed by atoms with Crippen LogP contribution in [-0.2, 0) is 9.59 Å². The third kappa shape index (κ3) is 4.76. The standard InChI is InChI=1S/C30H27N3O4/c1-4-36-29-20(3)30-24(25(18-37-30)21-11-7-5-8-12-21)16-23(29)19(2)15-27(34)31-26-17-28(35)33(32-26)22-13-9-6-10-14-22/h5-16,18H,4,17H2,1-3H3,(H,31,32,34)/b19-15+. The lowest BCUT2D eigenvalue weighted by Crippen LogP contribution is -2.28. The molecule has 186 valence electrons. The molecule has 0 bridgehead atoms. The molecular formula is C30H27N3O4. The van der Waals surface area contributed by atoms with E-state index in [-0.39, 0.29) is 18.2 Å². The second-order valence-electron chi connectivity index (χ2n) is 8.78. The summed E-state index contributed by atoms with van der Waals surface area (Å²) in [5.74, 6) is 0.417. The maximum absolute atomic E-state index is 12.9. The monoisotopic (exact) mass is 493 g/mol. The first kappa shape index (κ1) is 24.1. The summed E-state index contributed by atoms with van der Waals surface area (Å²) in [7, 11) is 0. The van der Waals surface area contributed by atoms with Gasteiger partial charge < -0.3 is 14.5 Å². The molecule has 0 atom stereocenters. The van der Waals surface area contributed by atoms with Crippen LogP contribution in [0.25, 0.3) is 27.7 Å². The van der Waals surface area contributed by atoms with Crippen molar-refractivity contribution in [2.75, 3.05) is 11.6 Å². The van der Waals surface area contributed by atoms with Crippen molar-refractivity contribution in [1.29, 1.82) is 0 Å². The van der Waals surface area contributed by atoms with Crippen LogP contribution >= 0.6 is 0 Å². The Kier molecular flexibility index (Phi) is 6.60. The van der Waals surface area contributed by atoms with Gasteiger partial charge in [-0.05, 0) is 50.1 Å². The third-order valence-electron chi connectivity index (χ3n) is 6.23. The van der Waals surface area contributed by atoms with Gasteiger partial charge in [-0.15, -0.1) is 0 Å². The van der Waals surface area contributed by atoms with E-state index in [1.165, 1.54) is 11.1 Å². The molecule has 0 spiro atoms. The molecular weight excluding hydrogens is 466 g/mol. The molecule has 5 rings (SSSR count). The minimum atomic E-state index is -0.366. The number of ether oxygens (including phenoxy) is 1. The molecule has 7 heteroatoms. The SMILES string of the molecule is CCOc1c(/C(C)=C/C(=O)NC2=NN(c3ccccc3)C(=O)C2)cc2c(-c3ccccc3)coc2c1C. The lowest BCUT2D eigenvalue weighted by molar-refractivity contribution is -0.116. The number of allylic oxidation sites excluding steroid dienone is 1. The van der Waals surface area contributed by atoms with E-state index >= 15 is 0 Å². The number of hydrogen-bond donors (Lipinski definition) is 1. The van der Waals surface area contributed by atoms with Crippen LogP contribution in [0.15, 0.2) is 88.6 Å². The van der Waals surface area contributed by atoms with Crippen LogP contribution in [0.3, 0.4) is 0 Å². The van der Waals surface area contributed by atoms with Crippen LogP contribution in [0.1, 0.15) is 31.4 Å². The summed E-state index contributed by atoms with van der Waals surface area (Å²) in [5.41, 5.74) is 5.81. The zero-order chi connectivity index (χ0) is 25.9. The van der Waals surface area contributed by atoms with Crippen LogP contribution in [-0.4, -0.2) is 24.3 Å². The van der Waals surface area contributed by atoms with Gasteiger partial charge in [0.15, 0.2) is 0 Å². The fraction of sp³-hybridized carbons (Fsp3) is 0.167. The molecule has 0 saturated carbocycles. The highest BCUT2D eigenvalue weighted by Crippen LogP contribution is 2.40. The Balaban J connectivity index is 1.46. The van der Waals surface area contributed by atoms with Gasteiger partial charge in [-0.1, -0.05) is 48.5 Å². The lowest BCUT2D eigenvalue weighted by atomic mass is 9.96. The molecule has 0 saturated heterocycles. The van der Waals surface area contributed by atoms with E-state index < -0.39 is 0 Å². The molecule has 4 aromatic rings. The number of rotatable bonds is 6. The Labute approximate surface area is 215 Å². The summed E-state index contributed by atoms with van der Waals surface area (Å²) in [6, 6.07) is 21.1. The Bertz CT molecular complexity index is 1540. The largest absolute Gasteiger partial charge is 0.493 e. The zero-order valence-electron chi connectivity index (χ0n) is 20.9. The second-order valence-corrected chi connectivity index (χ2v) is 8.78. The van der Waals surface area contributed by atoms with Crippen molar-refractivity contribution < 1.29 is 18.7 Å². The summed E-state index contributed by atoms with van der Waals surface area (Å²) < 4.78 is 11.9. The minimum absolute atomic E-state index is 0.0260. The van der Waals surface area contributed by atoms with E-state index in [0.29, 0.717) is 23.9 Å². The van der Waals surface area contributed by atoms with Crippen molar-refractivity contribution in [3.05, 3.63) is 90.2 Å². The smallest absolute Gasteiger partial charge is 0.255 e. The maximum atomic E-state index is 12.9. The molecule has 0 aliphatic carbocycles. The van der Waals surface area contributed by atoms with Crippen molar-refractivity contribution in [3.8, 4) is 16.9 Å². The van der Waals surface area contributed by atoms with Crippen LogP contribution < -0.4 is 15.1 Å². The van der Waals surface area contributed by atoms with E-state index in [0.717, 1.165) is 38.8 Å². The number of anilines is 1. The van der Waals surface area contributed by atoms with Crippen molar-refractivity contribution >= 4 is 39.9 Å². The lowest BCUT2D eigenvalue weighted by Gasteiger charge is -2.15. The summed E-state index contributed by atoms with van der Waals surface area (Å²) in [5, 5.41) is 9.31. The molecule has 1 aliphatic rings. The van der Waals surface area contributed by atoms with E-state index in [4.69, 9.17) is 9.15 Å². The summed E-state index contributed by atoms with van der Waals surface area (Å²) in [4.78, 5) is 25.4. The molecule has 0 radical (unpaired) electrons. The summed E-state index contributed by atoms with van der Waals surface area (Å²) in [6.45, 7) is 6.21. The highest BCUT2D eigenvalue weighted by molar-refractivity contribution is 6.17. The molecule has 0 fully saturated rings. The molecule has 37 heavy (non-hydrogen) atoms. The first-order valence-electron chi connectivity index (χ1n) is 12.1. The van der Waals surface area contributed by atoms with Crippen molar-refractivity contribution in [3.63, 3.8) is 0 Å². The third-order valence-corrected chi connectivity index (χ3v) is 6.23. The number of para-hydroxylation sites is 1. The van der Waals surface area contributed by atoms with Gasteiger partial charge in [-0.25, -0.2) is 0 Å². The average Bonchev–Trinajstić information content (AvgIpc) is 3.49. The Morgan fingerprint density at radius 2 is 1.84 bits per heavy atom. The van der Waals surface area contributed by atoms with Crippen LogP contribution in [0, 0.1) is 6.92 Å². The highest BCUT2D eigenvalue weighted by Gasteiger charge is 2.26. The number of hydrogen-bond acceptors (Lipinski definition) is 5. The number of benzene rings is 3. The summed E-state index contributed by atoms with van der Waals surface area (Å²) in [6.07, 6.45) is 3.29. The van der Waals surface area contributed by atoms with E-state index in [2.05, 4.69) is 10.4 Å². The molecule has 2 amide bonds. The number of nitrogens with one attached hydrogen (secondary N) is 1. The molecule has 1 aromatic heterocycles. The van der Waals surface area contributed by atoms with Crippen molar-refractivity contribution in [2.24, 2.45) is 5.10 Å². The van der Waals surface area contributed by atoms with E-state index in [1.807, 2.05) is 75.4 Å². The van der Waals surface area contributed by atoms with Crippen LogP contribution in [0.5, 0.6) is 5.75 Å². The van der Waals surface area contributed by atoms with Crippen molar-refractivity contribution in [2.45, 2.75) is 27.2 Å². The van der Waals surface area contributed by atoms with Gasteiger partial charge >= 0.3 is 0 Å². The van der Waals surface area contributed by atoms with E-state index in [1.54, 1.807) is 18.4 Å². The number of amidine groups is 1. The quantitative estimate of drug-likeness (QED) is 0.330. The molecule has 1 aliphatic heterocycles. The number of amides is 2. The number of nitrogens with zero attached hydrogens (tertiary/aromatic N) is 2. The van der Waals surface area contributed by atoms with Gasteiger partial charge in [0.25, 0.3) is 5.91 Å². The fourth-order valence-electron chi connectivity index (χ4n) is 4.50. The van der Waals surface area contributed by atoms with Gasteiger partial charge in [-0.3, -0.25) is 9.59 Å². The predicted molar refractivity (Wildman–Crippen MR) is 145 cm³/mol. The van der Waals surface area contributed by atoms with Crippen LogP contribution in [0.2, 0.25) is 0 Å². The van der Waals surface area contributed by atoms with Gasteiger partial charge in [0, 0.05) is 28.2 Å². The van der Waals surface area contributed by atoms with Gasteiger partial charge in [0.05, 0.1) is 25.0 Å². The highest BCUT2D eigenvalue weighted by atomic mass is 16.5.